The van der Waals surface area contributed by atoms with Crippen LogP contribution < -0.4 is 15.0 Å². The zero-order valence-corrected chi connectivity index (χ0v) is 18.1. The standard InChI is InChI=1S/C22H25N3O5S/c1-30-20-7-3-2-6-19(20)25-15-16(14-21(25)26)22(27)23-17-8-10-18(11-9-17)31(28,29)24-12-4-5-13-24/h2-3,6-11,16H,4-5,12-15H2,1H3,(H,23,27)/t16-/m0/s1. The molecule has 164 valence electrons. The number of hydrogen-bond donors (Lipinski definition) is 1. The summed E-state index contributed by atoms with van der Waals surface area (Å²) >= 11 is 0. The van der Waals surface area contributed by atoms with Crippen LogP contribution in [0, 0.1) is 5.92 Å². The van der Waals surface area contributed by atoms with Gasteiger partial charge in [-0.3, -0.25) is 9.59 Å². The van der Waals surface area contributed by atoms with Gasteiger partial charge in [-0.15, -0.1) is 0 Å². The first-order valence-electron chi connectivity index (χ1n) is 10.2. The molecule has 0 aromatic heterocycles. The fourth-order valence-electron chi connectivity index (χ4n) is 4.00. The molecule has 0 saturated carbocycles. The molecule has 0 spiro atoms. The number of rotatable bonds is 6. The first-order valence-corrected chi connectivity index (χ1v) is 11.7. The van der Waals surface area contributed by atoms with Crippen molar-refractivity contribution < 1.29 is 22.7 Å². The molecular weight excluding hydrogens is 418 g/mol. The molecule has 0 bridgehead atoms. The summed E-state index contributed by atoms with van der Waals surface area (Å²) in [4.78, 5) is 27.0. The van der Waals surface area contributed by atoms with Crippen LogP contribution >= 0.6 is 0 Å². The average molecular weight is 444 g/mol. The van der Waals surface area contributed by atoms with E-state index < -0.39 is 15.9 Å². The SMILES string of the molecule is COc1ccccc1N1C[C@@H](C(=O)Nc2ccc(S(=O)(=O)N3CCCC3)cc2)CC1=O. The number of methoxy groups -OCH3 is 1. The topological polar surface area (TPSA) is 96.0 Å². The predicted octanol–water partition coefficient (Wildman–Crippen LogP) is 2.47. The van der Waals surface area contributed by atoms with Crippen molar-refractivity contribution in [1.29, 1.82) is 0 Å². The van der Waals surface area contributed by atoms with Gasteiger partial charge in [-0.05, 0) is 49.2 Å². The maximum absolute atomic E-state index is 12.7. The van der Waals surface area contributed by atoms with Gasteiger partial charge in [0.15, 0.2) is 0 Å². The van der Waals surface area contributed by atoms with Gasteiger partial charge in [0.25, 0.3) is 0 Å². The van der Waals surface area contributed by atoms with Gasteiger partial charge in [-0.25, -0.2) is 8.42 Å². The molecule has 8 nitrogen and oxygen atoms in total. The van der Waals surface area contributed by atoms with Crippen LogP contribution in [0.15, 0.2) is 53.4 Å². The van der Waals surface area contributed by atoms with Crippen LogP contribution in [0.25, 0.3) is 0 Å². The first kappa shape index (κ1) is 21.3. The lowest BCUT2D eigenvalue weighted by molar-refractivity contribution is -0.122. The van der Waals surface area contributed by atoms with Crippen molar-refractivity contribution in [3.05, 3.63) is 48.5 Å². The maximum atomic E-state index is 12.7. The molecule has 2 aromatic rings. The largest absolute Gasteiger partial charge is 0.495 e. The summed E-state index contributed by atoms with van der Waals surface area (Å²) in [5.74, 6) is -0.352. The fraction of sp³-hybridized carbons (Fsp3) is 0.364. The van der Waals surface area contributed by atoms with Gasteiger partial charge in [-0.2, -0.15) is 4.31 Å². The number of ether oxygens (including phenoxy) is 1. The number of nitrogens with one attached hydrogen (secondary N) is 1. The third-order valence-corrected chi connectivity index (χ3v) is 7.61. The van der Waals surface area contributed by atoms with Crippen molar-refractivity contribution in [3.8, 4) is 5.75 Å². The lowest BCUT2D eigenvalue weighted by Crippen LogP contribution is -2.28. The Morgan fingerprint density at radius 1 is 1.06 bits per heavy atom. The van der Waals surface area contributed by atoms with Crippen molar-refractivity contribution in [3.63, 3.8) is 0 Å². The van der Waals surface area contributed by atoms with Crippen molar-refractivity contribution in [2.45, 2.75) is 24.2 Å². The van der Waals surface area contributed by atoms with E-state index in [0.717, 1.165) is 12.8 Å². The van der Waals surface area contributed by atoms with Crippen LogP contribution in [-0.2, 0) is 19.6 Å². The quantitative estimate of drug-likeness (QED) is 0.740. The summed E-state index contributed by atoms with van der Waals surface area (Å²) in [5, 5.41) is 2.80. The van der Waals surface area contributed by atoms with E-state index in [1.807, 2.05) is 12.1 Å². The maximum Gasteiger partial charge on any atom is 0.243 e. The summed E-state index contributed by atoms with van der Waals surface area (Å²) in [6, 6.07) is 13.4. The third-order valence-electron chi connectivity index (χ3n) is 5.70. The zero-order chi connectivity index (χ0) is 22.0. The number of nitrogens with zero attached hydrogens (tertiary/aromatic N) is 2. The van der Waals surface area contributed by atoms with E-state index in [1.165, 1.54) is 23.5 Å². The van der Waals surface area contributed by atoms with Gasteiger partial charge in [0, 0.05) is 31.7 Å². The van der Waals surface area contributed by atoms with E-state index in [1.54, 1.807) is 29.2 Å². The smallest absolute Gasteiger partial charge is 0.243 e. The molecule has 0 unspecified atom stereocenters. The van der Waals surface area contributed by atoms with Crippen LogP contribution in [0.1, 0.15) is 19.3 Å². The second-order valence-corrected chi connectivity index (χ2v) is 9.64. The Bertz CT molecular complexity index is 1080. The molecule has 2 fully saturated rings. The van der Waals surface area contributed by atoms with Gasteiger partial charge in [-0.1, -0.05) is 12.1 Å². The van der Waals surface area contributed by atoms with E-state index >= 15 is 0 Å². The minimum absolute atomic E-state index is 0.102. The Hall–Kier alpha value is -2.91. The van der Waals surface area contributed by atoms with E-state index in [2.05, 4.69) is 5.32 Å². The number of para-hydroxylation sites is 2. The fourth-order valence-corrected chi connectivity index (χ4v) is 5.52. The highest BCUT2D eigenvalue weighted by Gasteiger charge is 2.36. The lowest BCUT2D eigenvalue weighted by Gasteiger charge is -2.19. The second-order valence-electron chi connectivity index (χ2n) is 7.70. The summed E-state index contributed by atoms with van der Waals surface area (Å²) < 4.78 is 32.1. The highest BCUT2D eigenvalue weighted by Crippen LogP contribution is 2.33. The number of hydrogen-bond acceptors (Lipinski definition) is 5. The van der Waals surface area contributed by atoms with E-state index in [-0.39, 0.29) is 29.7 Å². The molecule has 2 aromatic carbocycles. The average Bonchev–Trinajstić information content (AvgIpc) is 3.45. The first-order chi connectivity index (χ1) is 14.9. The highest BCUT2D eigenvalue weighted by atomic mass is 32.2. The van der Waals surface area contributed by atoms with Crippen LogP contribution in [0.5, 0.6) is 5.75 Å². The molecule has 9 heteroatoms. The van der Waals surface area contributed by atoms with Crippen molar-refractivity contribution in [2.24, 2.45) is 5.92 Å². The van der Waals surface area contributed by atoms with Gasteiger partial charge in [0.2, 0.25) is 21.8 Å². The molecule has 0 aliphatic carbocycles. The number of amides is 2. The zero-order valence-electron chi connectivity index (χ0n) is 17.3. The van der Waals surface area contributed by atoms with E-state index in [4.69, 9.17) is 4.74 Å². The number of sulfonamides is 1. The molecule has 4 rings (SSSR count). The number of carbonyl (C=O) groups excluding carboxylic acids is 2. The van der Waals surface area contributed by atoms with Crippen LogP contribution in [0.4, 0.5) is 11.4 Å². The van der Waals surface area contributed by atoms with Crippen molar-refractivity contribution >= 4 is 33.2 Å². The van der Waals surface area contributed by atoms with Gasteiger partial charge >= 0.3 is 0 Å². The van der Waals surface area contributed by atoms with Crippen molar-refractivity contribution in [2.75, 3.05) is 37.0 Å². The summed E-state index contributed by atoms with van der Waals surface area (Å²) in [6.45, 7) is 1.34. The van der Waals surface area contributed by atoms with Crippen LogP contribution in [0.3, 0.4) is 0 Å². The molecule has 1 atom stereocenters. The molecule has 31 heavy (non-hydrogen) atoms. The predicted molar refractivity (Wildman–Crippen MR) is 117 cm³/mol. The molecule has 1 N–H and O–H groups in total. The monoisotopic (exact) mass is 443 g/mol. The normalized spacial score (nSPS) is 19.6. The minimum atomic E-state index is -3.49. The van der Waals surface area contributed by atoms with Crippen LogP contribution in [-0.4, -0.2) is 51.3 Å². The van der Waals surface area contributed by atoms with Crippen molar-refractivity contribution in [1.82, 2.24) is 4.31 Å². The summed E-state index contributed by atoms with van der Waals surface area (Å²) in [7, 11) is -1.96. The molecule has 2 saturated heterocycles. The van der Waals surface area contributed by atoms with Gasteiger partial charge in [0.05, 0.1) is 23.6 Å². The van der Waals surface area contributed by atoms with E-state index in [9.17, 15) is 18.0 Å². The molecule has 2 aliphatic rings. The lowest BCUT2D eigenvalue weighted by atomic mass is 10.1. The third kappa shape index (κ3) is 4.28. The van der Waals surface area contributed by atoms with Gasteiger partial charge in [0.1, 0.15) is 5.75 Å². The molecule has 2 heterocycles. The number of benzene rings is 2. The molecular formula is C22H25N3O5S. The molecule has 2 aliphatic heterocycles. The Morgan fingerprint density at radius 2 is 1.74 bits per heavy atom. The van der Waals surface area contributed by atoms with E-state index in [0.29, 0.717) is 30.2 Å². The molecule has 0 radical (unpaired) electrons. The summed E-state index contributed by atoms with van der Waals surface area (Å²) in [5.41, 5.74) is 1.13. The second kappa shape index (κ2) is 8.68. The van der Waals surface area contributed by atoms with Gasteiger partial charge < -0.3 is 15.0 Å². The molecule has 2 amide bonds. The Balaban J connectivity index is 1.42. The number of anilines is 2. The minimum Gasteiger partial charge on any atom is -0.495 e. The highest BCUT2D eigenvalue weighted by molar-refractivity contribution is 7.89. The Labute approximate surface area is 181 Å². The van der Waals surface area contributed by atoms with Crippen LogP contribution in [0.2, 0.25) is 0 Å². The summed E-state index contributed by atoms with van der Waals surface area (Å²) in [6.07, 6.45) is 1.85. The Kier molecular flexibility index (Phi) is 5.97. The Morgan fingerprint density at radius 3 is 2.42 bits per heavy atom. The number of carbonyl (C=O) groups is 2.